The van der Waals surface area contributed by atoms with Gasteiger partial charge < -0.3 is 14.1 Å². The fraction of sp³-hybridized carbons (Fsp3) is 0.333. The first-order chi connectivity index (χ1) is 11.2. The van der Waals surface area contributed by atoms with Crippen LogP contribution >= 0.6 is 0 Å². The molecule has 0 aliphatic heterocycles. The molecule has 0 atom stereocenters. The average Bonchev–Trinajstić information content (AvgIpc) is 3.06. The molecule has 120 valence electrons. The van der Waals surface area contributed by atoms with Crippen LogP contribution in [0, 0.1) is 11.3 Å². The molecule has 0 saturated carbocycles. The van der Waals surface area contributed by atoms with Gasteiger partial charge in [0, 0.05) is 18.7 Å². The van der Waals surface area contributed by atoms with Crippen molar-refractivity contribution in [3.63, 3.8) is 0 Å². The number of carbonyl (C=O) groups excluding carboxylic acids is 1. The summed E-state index contributed by atoms with van der Waals surface area (Å²) in [7, 11) is 0. The third-order valence-corrected chi connectivity index (χ3v) is 3.37. The number of furan rings is 1. The summed E-state index contributed by atoms with van der Waals surface area (Å²) >= 11 is 0. The molecule has 1 heterocycles. The number of rotatable bonds is 7. The summed E-state index contributed by atoms with van der Waals surface area (Å²) in [4.78, 5) is 14.2. The zero-order chi connectivity index (χ0) is 16.7. The summed E-state index contributed by atoms with van der Waals surface area (Å²) in [5, 5.41) is 8.84. The van der Waals surface area contributed by atoms with Crippen molar-refractivity contribution in [2.75, 3.05) is 18.1 Å². The Morgan fingerprint density at radius 3 is 2.52 bits per heavy atom. The van der Waals surface area contributed by atoms with Gasteiger partial charge >= 0.3 is 0 Å². The normalized spacial score (nSPS) is 10.1. The Balaban J connectivity index is 2.24. The number of benzene rings is 1. The zero-order valence-corrected chi connectivity index (χ0v) is 13.4. The smallest absolute Gasteiger partial charge is 0.294 e. The lowest BCUT2D eigenvalue weighted by Crippen LogP contribution is -2.31. The van der Waals surface area contributed by atoms with Crippen molar-refractivity contribution in [2.45, 2.75) is 26.7 Å². The van der Waals surface area contributed by atoms with E-state index in [1.165, 1.54) is 0 Å². The van der Waals surface area contributed by atoms with Crippen LogP contribution in [-0.4, -0.2) is 19.1 Å². The molecule has 2 rings (SSSR count). The summed E-state index contributed by atoms with van der Waals surface area (Å²) in [5.74, 6) is 1.55. The van der Waals surface area contributed by atoms with Gasteiger partial charge in [0.05, 0.1) is 19.1 Å². The first-order valence-electron chi connectivity index (χ1n) is 7.70. The number of carbonyl (C=O) groups is 1. The van der Waals surface area contributed by atoms with E-state index in [2.05, 4.69) is 6.07 Å². The minimum Gasteiger partial charge on any atom is -0.494 e. The van der Waals surface area contributed by atoms with Gasteiger partial charge in [0.1, 0.15) is 11.5 Å². The van der Waals surface area contributed by atoms with E-state index in [1.807, 2.05) is 38.1 Å². The maximum Gasteiger partial charge on any atom is 0.294 e. The van der Waals surface area contributed by atoms with E-state index >= 15 is 0 Å². The van der Waals surface area contributed by atoms with Crippen LogP contribution in [0.15, 0.2) is 40.8 Å². The SMILES string of the molecule is CCOc1ccc(N(CCC#N)C(=O)c2ccc(CC)o2)cc1. The van der Waals surface area contributed by atoms with Crippen LogP contribution in [0.2, 0.25) is 0 Å². The molecular weight excluding hydrogens is 292 g/mol. The summed E-state index contributed by atoms with van der Waals surface area (Å²) < 4.78 is 11.0. The fourth-order valence-electron chi connectivity index (χ4n) is 2.21. The molecule has 0 unspecified atom stereocenters. The Kier molecular flexibility index (Phi) is 5.81. The van der Waals surface area contributed by atoms with Gasteiger partial charge in [-0.1, -0.05) is 6.92 Å². The molecule has 5 nitrogen and oxygen atoms in total. The molecule has 1 aromatic carbocycles. The number of amides is 1. The van der Waals surface area contributed by atoms with E-state index < -0.39 is 0 Å². The van der Waals surface area contributed by atoms with Crippen molar-refractivity contribution in [1.29, 1.82) is 5.26 Å². The van der Waals surface area contributed by atoms with Crippen molar-refractivity contribution >= 4 is 11.6 Å². The Labute approximate surface area is 136 Å². The molecule has 0 bridgehead atoms. The molecule has 0 fully saturated rings. The van der Waals surface area contributed by atoms with Crippen LogP contribution in [0.25, 0.3) is 0 Å². The minimum absolute atomic E-state index is 0.246. The number of nitriles is 1. The molecule has 23 heavy (non-hydrogen) atoms. The molecule has 5 heteroatoms. The van der Waals surface area contributed by atoms with Crippen LogP contribution in [0.4, 0.5) is 5.69 Å². The molecule has 0 radical (unpaired) electrons. The van der Waals surface area contributed by atoms with Crippen molar-refractivity contribution in [3.05, 3.63) is 47.9 Å². The van der Waals surface area contributed by atoms with E-state index in [0.717, 1.165) is 17.9 Å². The third kappa shape index (κ3) is 4.13. The lowest BCUT2D eigenvalue weighted by Gasteiger charge is -2.21. The predicted molar refractivity (Wildman–Crippen MR) is 87.6 cm³/mol. The topological polar surface area (TPSA) is 66.5 Å². The minimum atomic E-state index is -0.246. The van der Waals surface area contributed by atoms with E-state index in [0.29, 0.717) is 18.8 Å². The maximum atomic E-state index is 12.7. The van der Waals surface area contributed by atoms with Gasteiger partial charge in [0.2, 0.25) is 0 Å². The summed E-state index contributed by atoms with van der Waals surface area (Å²) in [6.07, 6.45) is 0.981. The van der Waals surface area contributed by atoms with Crippen LogP contribution in [0.5, 0.6) is 5.75 Å². The standard InChI is InChI=1S/C18H20N2O3/c1-3-15-10-11-17(23-15)18(21)20(13-5-12-19)14-6-8-16(9-7-14)22-4-2/h6-11H,3-5,13H2,1-2H3. The molecule has 0 aliphatic carbocycles. The van der Waals surface area contributed by atoms with E-state index in [4.69, 9.17) is 14.4 Å². The maximum absolute atomic E-state index is 12.7. The summed E-state index contributed by atoms with van der Waals surface area (Å²) in [6.45, 7) is 4.78. The second kappa shape index (κ2) is 8.04. The number of hydrogen-bond acceptors (Lipinski definition) is 4. The monoisotopic (exact) mass is 312 g/mol. The molecule has 1 aromatic heterocycles. The Hall–Kier alpha value is -2.74. The lowest BCUT2D eigenvalue weighted by atomic mass is 10.2. The van der Waals surface area contributed by atoms with Gasteiger partial charge in [-0.25, -0.2) is 0 Å². The second-order valence-electron chi connectivity index (χ2n) is 4.91. The molecule has 0 aliphatic rings. The van der Waals surface area contributed by atoms with Crippen molar-refractivity contribution in [2.24, 2.45) is 0 Å². The first-order valence-corrected chi connectivity index (χ1v) is 7.70. The van der Waals surface area contributed by atoms with Gasteiger partial charge in [-0.05, 0) is 43.3 Å². The zero-order valence-electron chi connectivity index (χ0n) is 13.4. The molecule has 2 aromatic rings. The molecule has 0 N–H and O–H groups in total. The van der Waals surface area contributed by atoms with Gasteiger partial charge in [0.15, 0.2) is 5.76 Å². The Morgan fingerprint density at radius 2 is 1.96 bits per heavy atom. The highest BCUT2D eigenvalue weighted by Crippen LogP contribution is 2.22. The van der Waals surface area contributed by atoms with Gasteiger partial charge in [-0.15, -0.1) is 0 Å². The summed E-state index contributed by atoms with van der Waals surface area (Å²) in [6, 6.07) is 12.8. The van der Waals surface area contributed by atoms with Crippen molar-refractivity contribution < 1.29 is 13.9 Å². The number of anilines is 1. The number of ether oxygens (including phenoxy) is 1. The number of nitrogens with zero attached hydrogens (tertiary/aromatic N) is 2. The molecule has 1 amide bonds. The second-order valence-corrected chi connectivity index (χ2v) is 4.91. The number of aryl methyl sites for hydroxylation is 1. The van der Waals surface area contributed by atoms with Gasteiger partial charge in [0.25, 0.3) is 5.91 Å². The first kappa shape index (κ1) is 16.6. The quantitative estimate of drug-likeness (QED) is 0.780. The summed E-state index contributed by atoms with van der Waals surface area (Å²) in [5.41, 5.74) is 0.711. The average molecular weight is 312 g/mol. The van der Waals surface area contributed by atoms with E-state index in [-0.39, 0.29) is 18.1 Å². The third-order valence-electron chi connectivity index (χ3n) is 3.37. The Bertz CT molecular complexity index is 683. The largest absolute Gasteiger partial charge is 0.494 e. The highest BCUT2D eigenvalue weighted by Gasteiger charge is 2.20. The predicted octanol–water partition coefficient (Wildman–Crippen LogP) is 3.80. The van der Waals surface area contributed by atoms with E-state index in [1.54, 1.807) is 17.0 Å². The lowest BCUT2D eigenvalue weighted by molar-refractivity contribution is 0.0959. The van der Waals surface area contributed by atoms with Gasteiger partial charge in [-0.2, -0.15) is 5.26 Å². The van der Waals surface area contributed by atoms with Crippen LogP contribution in [0.1, 0.15) is 36.6 Å². The molecule has 0 spiro atoms. The van der Waals surface area contributed by atoms with Crippen LogP contribution in [0.3, 0.4) is 0 Å². The van der Waals surface area contributed by atoms with Gasteiger partial charge in [-0.3, -0.25) is 4.79 Å². The fourth-order valence-corrected chi connectivity index (χ4v) is 2.21. The Morgan fingerprint density at radius 1 is 1.22 bits per heavy atom. The van der Waals surface area contributed by atoms with Crippen molar-refractivity contribution in [1.82, 2.24) is 0 Å². The van der Waals surface area contributed by atoms with Crippen molar-refractivity contribution in [3.8, 4) is 11.8 Å². The molecular formula is C18H20N2O3. The highest BCUT2D eigenvalue weighted by molar-refractivity contribution is 6.04. The highest BCUT2D eigenvalue weighted by atomic mass is 16.5. The van der Waals surface area contributed by atoms with Crippen LogP contribution in [-0.2, 0) is 6.42 Å². The number of hydrogen-bond donors (Lipinski definition) is 0. The van der Waals surface area contributed by atoms with Crippen LogP contribution < -0.4 is 9.64 Å². The van der Waals surface area contributed by atoms with E-state index in [9.17, 15) is 4.79 Å². The molecule has 0 saturated heterocycles.